The third-order valence-corrected chi connectivity index (χ3v) is 5.89. The monoisotopic (exact) mass is 562 g/mol. The topological polar surface area (TPSA) is 85.4 Å². The predicted molar refractivity (Wildman–Crippen MR) is 128 cm³/mol. The van der Waals surface area contributed by atoms with Crippen LogP contribution >= 0.6 is 23.2 Å². The van der Waals surface area contributed by atoms with Gasteiger partial charge in [-0.15, -0.1) is 0 Å². The third-order valence-electron chi connectivity index (χ3n) is 5.42. The van der Waals surface area contributed by atoms with Crippen LogP contribution in [0, 0.1) is 0 Å². The van der Waals surface area contributed by atoms with Crippen LogP contribution in [0.5, 0.6) is 11.5 Å². The molecule has 8 nitrogen and oxygen atoms in total. The lowest BCUT2D eigenvalue weighted by molar-refractivity contribution is -0.202. The van der Waals surface area contributed by atoms with E-state index in [0.717, 1.165) is 13.1 Å². The quantitative estimate of drug-likeness (QED) is 0.358. The summed E-state index contributed by atoms with van der Waals surface area (Å²) >= 11 is 12.3. The Labute approximate surface area is 220 Å². The molecule has 0 atom stereocenters. The van der Waals surface area contributed by atoms with Gasteiger partial charge in [-0.25, -0.2) is 9.59 Å². The normalized spacial score (nSPS) is 14.3. The number of halogens is 5. The molecule has 0 radical (unpaired) electrons. The molecule has 0 spiro atoms. The zero-order valence-corrected chi connectivity index (χ0v) is 21.2. The van der Waals surface area contributed by atoms with Crippen LogP contribution in [0.25, 0.3) is 0 Å². The van der Waals surface area contributed by atoms with Crippen LogP contribution in [0.2, 0.25) is 10.0 Å². The molecule has 0 saturated carbocycles. The highest BCUT2D eigenvalue weighted by Crippen LogP contribution is 2.31. The lowest BCUT2D eigenvalue weighted by Gasteiger charge is -2.32. The number of likely N-dealkylation sites (N-methyl/N-ethyl adjacent to an activating group) is 1. The number of nitrogens with zero attached hydrogens (tertiary/aromatic N) is 2. The summed E-state index contributed by atoms with van der Waals surface area (Å²) in [6.45, 7) is 1.62. The first-order chi connectivity index (χ1) is 17.4. The van der Waals surface area contributed by atoms with Crippen molar-refractivity contribution < 1.29 is 41.8 Å². The molecular formula is C24H23Cl2F3N2O6. The number of alkyl halides is 3. The summed E-state index contributed by atoms with van der Waals surface area (Å²) in [6, 6.07) is 9.24. The first-order valence-corrected chi connectivity index (χ1v) is 11.8. The highest BCUT2D eigenvalue weighted by molar-refractivity contribution is 6.31. The van der Waals surface area contributed by atoms with Crippen LogP contribution in [-0.2, 0) is 25.5 Å². The molecule has 0 N–H and O–H groups in total. The van der Waals surface area contributed by atoms with Gasteiger partial charge in [-0.2, -0.15) is 13.2 Å². The molecule has 0 aromatic heterocycles. The Kier molecular flexibility index (Phi) is 9.63. The van der Waals surface area contributed by atoms with E-state index in [4.69, 9.17) is 32.7 Å². The van der Waals surface area contributed by atoms with Crippen molar-refractivity contribution >= 4 is 41.0 Å². The minimum absolute atomic E-state index is 0.111. The van der Waals surface area contributed by atoms with Crippen LogP contribution in [0.4, 0.5) is 13.2 Å². The van der Waals surface area contributed by atoms with Gasteiger partial charge in [0, 0.05) is 53.8 Å². The Morgan fingerprint density at radius 3 is 1.89 bits per heavy atom. The number of amides is 1. The minimum Gasteiger partial charge on any atom is -0.483 e. The van der Waals surface area contributed by atoms with Gasteiger partial charge in [-0.1, -0.05) is 23.2 Å². The van der Waals surface area contributed by atoms with Gasteiger partial charge in [0.25, 0.3) is 5.91 Å². The molecule has 2 aromatic rings. The van der Waals surface area contributed by atoms with E-state index >= 15 is 0 Å². The second kappa shape index (κ2) is 12.5. The van der Waals surface area contributed by atoms with Crippen LogP contribution in [-0.4, -0.2) is 80.3 Å². The zero-order valence-electron chi connectivity index (χ0n) is 19.6. The van der Waals surface area contributed by atoms with Gasteiger partial charge < -0.3 is 24.0 Å². The number of rotatable bonds is 8. The Morgan fingerprint density at radius 1 is 0.865 bits per heavy atom. The van der Waals surface area contributed by atoms with Gasteiger partial charge in [-0.05, 0) is 43.4 Å². The zero-order chi connectivity index (χ0) is 27.2. The van der Waals surface area contributed by atoms with E-state index in [9.17, 15) is 27.6 Å². The van der Waals surface area contributed by atoms with E-state index in [-0.39, 0.29) is 24.7 Å². The predicted octanol–water partition coefficient (Wildman–Crippen LogP) is 3.75. The number of hydrogen-bond acceptors (Lipinski definition) is 7. The van der Waals surface area contributed by atoms with Crippen molar-refractivity contribution in [1.82, 2.24) is 9.80 Å². The van der Waals surface area contributed by atoms with E-state index in [0.29, 0.717) is 40.0 Å². The van der Waals surface area contributed by atoms with Crippen molar-refractivity contribution in [3.63, 3.8) is 0 Å². The Hall–Kier alpha value is -3.02. The number of hydrogen-bond donors (Lipinski definition) is 0. The SMILES string of the molecule is CN1CCN(C(=O)COc2ccc(Cl)cc2Cc2cc(Cl)ccc2OCC(=O)OC(=O)C(F)(F)F)CC1. The van der Waals surface area contributed by atoms with Crippen LogP contribution in [0.3, 0.4) is 0 Å². The molecule has 0 aliphatic carbocycles. The van der Waals surface area contributed by atoms with Crippen LogP contribution in [0.15, 0.2) is 36.4 Å². The number of piperazine rings is 1. The standard InChI is InChI=1S/C24H23Cl2F3N2O6/c1-30-6-8-31(9-7-30)21(32)13-35-19-4-2-17(25)11-15(19)10-16-12-18(26)3-5-20(16)36-14-22(33)37-23(34)24(27,28)29/h2-5,11-12H,6-10,13-14H2,1H3. The fraction of sp³-hybridized carbons (Fsp3) is 0.375. The number of ether oxygens (including phenoxy) is 3. The average Bonchev–Trinajstić information content (AvgIpc) is 2.82. The molecule has 2 aromatic carbocycles. The maximum absolute atomic E-state index is 12.6. The molecule has 1 aliphatic rings. The van der Waals surface area contributed by atoms with E-state index in [1.807, 2.05) is 7.05 Å². The van der Waals surface area contributed by atoms with Crippen LogP contribution in [0.1, 0.15) is 11.1 Å². The molecule has 0 bridgehead atoms. The van der Waals surface area contributed by atoms with E-state index < -0.39 is 24.7 Å². The number of esters is 2. The fourth-order valence-corrected chi connectivity index (χ4v) is 3.86. The number of benzene rings is 2. The molecule has 1 fully saturated rings. The maximum atomic E-state index is 12.6. The molecule has 200 valence electrons. The van der Waals surface area contributed by atoms with Crippen LogP contribution < -0.4 is 9.47 Å². The second-order valence-corrected chi connectivity index (χ2v) is 9.07. The van der Waals surface area contributed by atoms with E-state index in [1.54, 1.807) is 23.1 Å². The van der Waals surface area contributed by atoms with Crippen molar-refractivity contribution in [1.29, 1.82) is 0 Å². The maximum Gasteiger partial charge on any atom is 0.491 e. The van der Waals surface area contributed by atoms with Gasteiger partial charge in [0.05, 0.1) is 0 Å². The fourth-order valence-electron chi connectivity index (χ4n) is 3.47. The average molecular weight is 563 g/mol. The molecule has 1 amide bonds. The molecule has 13 heteroatoms. The van der Waals surface area contributed by atoms with Gasteiger partial charge in [0.15, 0.2) is 13.2 Å². The summed E-state index contributed by atoms with van der Waals surface area (Å²) in [5, 5.41) is 0.721. The summed E-state index contributed by atoms with van der Waals surface area (Å²) in [6.07, 6.45) is -5.18. The molecule has 0 unspecified atom stereocenters. The Morgan fingerprint density at radius 2 is 1.38 bits per heavy atom. The minimum atomic E-state index is -5.31. The summed E-state index contributed by atoms with van der Waals surface area (Å²) in [7, 11) is 1.98. The van der Waals surface area contributed by atoms with Crippen molar-refractivity contribution in [2.45, 2.75) is 12.6 Å². The van der Waals surface area contributed by atoms with Crippen molar-refractivity contribution in [2.75, 3.05) is 46.4 Å². The lowest BCUT2D eigenvalue weighted by Crippen LogP contribution is -2.48. The van der Waals surface area contributed by atoms with Crippen molar-refractivity contribution in [3.05, 3.63) is 57.6 Å². The third kappa shape index (κ3) is 8.51. The molecular weight excluding hydrogens is 540 g/mol. The molecule has 3 rings (SSSR count). The van der Waals surface area contributed by atoms with Gasteiger partial charge in [0.2, 0.25) is 0 Å². The molecule has 1 saturated heterocycles. The Bertz CT molecular complexity index is 1150. The first kappa shape index (κ1) is 28.5. The van der Waals surface area contributed by atoms with Gasteiger partial charge in [-0.3, -0.25) is 4.79 Å². The highest BCUT2D eigenvalue weighted by atomic mass is 35.5. The molecule has 37 heavy (non-hydrogen) atoms. The Balaban J connectivity index is 1.70. The second-order valence-electron chi connectivity index (χ2n) is 8.20. The van der Waals surface area contributed by atoms with Crippen molar-refractivity contribution in [2.24, 2.45) is 0 Å². The number of carbonyl (C=O) groups excluding carboxylic acids is 3. The summed E-state index contributed by atoms with van der Waals surface area (Å²) in [5.74, 6) is -3.82. The number of carbonyl (C=O) groups is 3. The van der Waals surface area contributed by atoms with Gasteiger partial charge in [0.1, 0.15) is 11.5 Å². The molecule has 1 heterocycles. The smallest absolute Gasteiger partial charge is 0.483 e. The summed E-state index contributed by atoms with van der Waals surface area (Å²) in [5.41, 5.74) is 1.01. The van der Waals surface area contributed by atoms with E-state index in [1.165, 1.54) is 18.2 Å². The summed E-state index contributed by atoms with van der Waals surface area (Å²) in [4.78, 5) is 38.9. The highest BCUT2D eigenvalue weighted by Gasteiger charge is 2.42. The largest absolute Gasteiger partial charge is 0.491 e. The van der Waals surface area contributed by atoms with E-state index in [2.05, 4.69) is 9.64 Å². The first-order valence-electron chi connectivity index (χ1n) is 11.0. The molecule has 1 aliphatic heterocycles. The van der Waals surface area contributed by atoms with Gasteiger partial charge >= 0.3 is 18.1 Å². The lowest BCUT2D eigenvalue weighted by atomic mass is 10.0. The van der Waals surface area contributed by atoms with Crippen molar-refractivity contribution in [3.8, 4) is 11.5 Å². The summed E-state index contributed by atoms with van der Waals surface area (Å²) < 4.78 is 51.7.